The summed E-state index contributed by atoms with van der Waals surface area (Å²) >= 11 is 0. The molecule has 0 saturated heterocycles. The van der Waals surface area contributed by atoms with Gasteiger partial charge in [-0.2, -0.15) is 9.78 Å². The van der Waals surface area contributed by atoms with E-state index in [1.807, 2.05) is 13.8 Å². The molecule has 0 amide bonds. The molecule has 2 atom stereocenters. The summed E-state index contributed by atoms with van der Waals surface area (Å²) in [6.07, 6.45) is 3.75. The summed E-state index contributed by atoms with van der Waals surface area (Å²) in [5.74, 6) is 0.472. The Kier molecular flexibility index (Phi) is 11.3. The van der Waals surface area contributed by atoms with Crippen LogP contribution in [0.4, 0.5) is 0 Å². The van der Waals surface area contributed by atoms with Crippen molar-refractivity contribution in [3.05, 3.63) is 24.4 Å². The molecule has 1 heterocycles. The van der Waals surface area contributed by atoms with E-state index < -0.39 is 6.10 Å². The number of allylic oxidation sites excluding steroid dienone is 1. The Labute approximate surface area is 136 Å². The first-order valence-electron chi connectivity index (χ1n) is 7.56. The summed E-state index contributed by atoms with van der Waals surface area (Å²) in [6.45, 7) is 5.90. The van der Waals surface area contributed by atoms with Crippen LogP contribution in [0.5, 0.6) is 0 Å². The molecule has 8 nitrogen and oxygen atoms in total. The Morgan fingerprint density at radius 3 is 2.96 bits per heavy atom. The number of rotatable bonds is 11. The lowest BCUT2D eigenvalue weighted by Crippen LogP contribution is -2.39. The van der Waals surface area contributed by atoms with Crippen LogP contribution in [0.3, 0.4) is 0 Å². The smallest absolute Gasteiger partial charge is 0.170 e. The Bertz CT molecular complexity index is 344. The van der Waals surface area contributed by atoms with Crippen molar-refractivity contribution in [1.29, 1.82) is 0 Å². The number of hydrogen-bond donors (Lipinski definition) is 0. The fourth-order valence-corrected chi connectivity index (χ4v) is 1.82. The fourth-order valence-electron chi connectivity index (χ4n) is 1.82. The first-order valence-corrected chi connectivity index (χ1v) is 7.56. The average Bonchev–Trinajstić information content (AvgIpc) is 2.53. The van der Waals surface area contributed by atoms with Crippen LogP contribution >= 0.6 is 0 Å². The minimum atomic E-state index is -0.441. The minimum Gasteiger partial charge on any atom is -0.495 e. The van der Waals surface area contributed by atoms with Crippen molar-refractivity contribution in [1.82, 2.24) is 0 Å². The van der Waals surface area contributed by atoms with Gasteiger partial charge < -0.3 is 28.7 Å². The van der Waals surface area contributed by atoms with Gasteiger partial charge in [-0.1, -0.05) is 0 Å². The standard InChI is InChI=1S/C15H26O8/c1-4-6-20-21-9-7-17-11-14(18-5-2)15-13(16-3)12-23-22-10-8-19-15/h4,6,12,14-15H,5,7-11H2,1-3H3/b6-4+,13-12+. The molecule has 8 heteroatoms. The minimum absolute atomic E-state index is 0.304. The molecule has 0 aliphatic carbocycles. The molecule has 2 unspecified atom stereocenters. The van der Waals surface area contributed by atoms with Gasteiger partial charge in [-0.15, -0.1) is 0 Å². The molecule has 0 aromatic heterocycles. The van der Waals surface area contributed by atoms with Gasteiger partial charge in [0.05, 0.1) is 26.9 Å². The van der Waals surface area contributed by atoms with E-state index >= 15 is 0 Å². The molecular formula is C15H26O8. The lowest BCUT2D eigenvalue weighted by molar-refractivity contribution is -0.270. The first kappa shape index (κ1) is 19.7. The van der Waals surface area contributed by atoms with E-state index in [0.717, 1.165) is 0 Å². The summed E-state index contributed by atoms with van der Waals surface area (Å²) in [4.78, 5) is 19.4. The Balaban J connectivity index is 2.45. The van der Waals surface area contributed by atoms with Gasteiger partial charge in [0, 0.05) is 6.61 Å². The van der Waals surface area contributed by atoms with E-state index in [-0.39, 0.29) is 6.10 Å². The van der Waals surface area contributed by atoms with Gasteiger partial charge >= 0.3 is 0 Å². The zero-order chi connectivity index (χ0) is 16.8. The molecule has 23 heavy (non-hydrogen) atoms. The second-order valence-electron chi connectivity index (χ2n) is 4.39. The highest BCUT2D eigenvalue weighted by molar-refractivity contribution is 5.01. The largest absolute Gasteiger partial charge is 0.495 e. The summed E-state index contributed by atoms with van der Waals surface area (Å²) in [5, 5.41) is 0. The van der Waals surface area contributed by atoms with Crippen molar-refractivity contribution in [3.63, 3.8) is 0 Å². The highest BCUT2D eigenvalue weighted by Crippen LogP contribution is 2.17. The second-order valence-corrected chi connectivity index (χ2v) is 4.39. The topological polar surface area (TPSA) is 73.8 Å². The van der Waals surface area contributed by atoms with E-state index in [1.54, 1.807) is 6.08 Å². The lowest BCUT2D eigenvalue weighted by atomic mass is 10.1. The highest BCUT2D eigenvalue weighted by atomic mass is 17.2. The van der Waals surface area contributed by atoms with E-state index in [0.29, 0.717) is 45.4 Å². The van der Waals surface area contributed by atoms with Gasteiger partial charge in [0.2, 0.25) is 0 Å². The summed E-state index contributed by atoms with van der Waals surface area (Å²) in [6, 6.07) is 0. The van der Waals surface area contributed by atoms with Gasteiger partial charge in [-0.3, -0.25) is 0 Å². The molecule has 134 valence electrons. The molecule has 0 N–H and O–H groups in total. The predicted octanol–water partition coefficient (Wildman–Crippen LogP) is 1.72. The number of methoxy groups -OCH3 is 1. The van der Waals surface area contributed by atoms with Crippen molar-refractivity contribution in [2.45, 2.75) is 26.1 Å². The molecular weight excluding hydrogens is 308 g/mol. The molecule has 0 radical (unpaired) electrons. The van der Waals surface area contributed by atoms with Crippen LogP contribution in [0.15, 0.2) is 24.4 Å². The summed E-state index contributed by atoms with van der Waals surface area (Å²) in [5.41, 5.74) is 0. The highest BCUT2D eigenvalue weighted by Gasteiger charge is 2.29. The zero-order valence-corrected chi connectivity index (χ0v) is 13.9. The maximum Gasteiger partial charge on any atom is 0.170 e. The second kappa shape index (κ2) is 13.1. The van der Waals surface area contributed by atoms with Crippen molar-refractivity contribution in [3.8, 4) is 0 Å². The lowest BCUT2D eigenvalue weighted by Gasteiger charge is -2.28. The fraction of sp³-hybridized carbons (Fsp3) is 0.733. The van der Waals surface area contributed by atoms with Crippen LogP contribution in [0.2, 0.25) is 0 Å². The Morgan fingerprint density at radius 1 is 1.35 bits per heavy atom. The molecule has 1 aliphatic heterocycles. The van der Waals surface area contributed by atoms with E-state index in [1.165, 1.54) is 19.6 Å². The van der Waals surface area contributed by atoms with E-state index in [9.17, 15) is 0 Å². The van der Waals surface area contributed by atoms with Crippen LogP contribution in [-0.4, -0.2) is 59.0 Å². The van der Waals surface area contributed by atoms with Crippen molar-refractivity contribution >= 4 is 0 Å². The maximum atomic E-state index is 5.74. The van der Waals surface area contributed by atoms with Crippen LogP contribution in [0, 0.1) is 0 Å². The molecule has 0 aromatic carbocycles. The van der Waals surface area contributed by atoms with E-state index in [2.05, 4.69) is 0 Å². The van der Waals surface area contributed by atoms with Crippen LogP contribution in [0.25, 0.3) is 0 Å². The Hall–Kier alpha value is -1.32. The quantitative estimate of drug-likeness (QED) is 0.245. The van der Waals surface area contributed by atoms with Crippen LogP contribution < -0.4 is 0 Å². The van der Waals surface area contributed by atoms with Gasteiger partial charge in [0.25, 0.3) is 0 Å². The monoisotopic (exact) mass is 334 g/mol. The van der Waals surface area contributed by atoms with Crippen molar-refractivity contribution in [2.75, 3.05) is 46.8 Å². The van der Waals surface area contributed by atoms with Crippen molar-refractivity contribution < 1.29 is 38.5 Å². The zero-order valence-electron chi connectivity index (χ0n) is 13.9. The number of hydrogen-bond acceptors (Lipinski definition) is 8. The third kappa shape index (κ3) is 8.19. The van der Waals surface area contributed by atoms with E-state index in [4.69, 9.17) is 38.5 Å². The van der Waals surface area contributed by atoms with Gasteiger partial charge in [-0.25, -0.2) is 0 Å². The summed E-state index contributed by atoms with van der Waals surface area (Å²) < 4.78 is 22.3. The Morgan fingerprint density at radius 2 is 2.22 bits per heavy atom. The van der Waals surface area contributed by atoms with Gasteiger partial charge in [-0.05, 0) is 19.9 Å². The number of ether oxygens (including phenoxy) is 4. The van der Waals surface area contributed by atoms with Crippen LogP contribution in [-0.2, 0) is 38.5 Å². The van der Waals surface area contributed by atoms with Crippen molar-refractivity contribution in [2.24, 2.45) is 0 Å². The third-order valence-corrected chi connectivity index (χ3v) is 2.78. The molecule has 1 aliphatic rings. The molecule has 0 bridgehead atoms. The third-order valence-electron chi connectivity index (χ3n) is 2.78. The SMILES string of the molecule is C/C=C/OOCCOCC(OCC)C1OCCOO/C=C\1OC. The van der Waals surface area contributed by atoms with Crippen LogP contribution in [0.1, 0.15) is 13.8 Å². The molecule has 0 saturated carbocycles. The average molecular weight is 334 g/mol. The summed E-state index contributed by atoms with van der Waals surface area (Å²) in [7, 11) is 1.53. The van der Waals surface area contributed by atoms with Gasteiger partial charge in [0.15, 0.2) is 12.0 Å². The molecule has 1 rings (SSSR count). The first-order chi connectivity index (χ1) is 11.3. The predicted molar refractivity (Wildman–Crippen MR) is 80.0 cm³/mol. The molecule has 0 aromatic rings. The molecule has 0 spiro atoms. The molecule has 0 fully saturated rings. The normalized spacial score (nSPS) is 22.6. The van der Waals surface area contributed by atoms with Gasteiger partial charge in [0.1, 0.15) is 31.7 Å². The maximum absolute atomic E-state index is 5.74.